The van der Waals surface area contributed by atoms with Gasteiger partial charge >= 0.3 is 0 Å². The molecule has 42 heavy (non-hydrogen) atoms. The molecule has 0 radical (unpaired) electrons. The quantitative estimate of drug-likeness (QED) is 0.213. The Morgan fingerprint density at radius 3 is 1.55 bits per heavy atom. The largest absolute Gasteiger partial charge is 0.309 e. The fourth-order valence-electron chi connectivity index (χ4n) is 6.84. The second-order valence-electron chi connectivity index (χ2n) is 11.0. The van der Waals surface area contributed by atoms with Crippen LogP contribution in [0.4, 0.5) is 0 Å². The van der Waals surface area contributed by atoms with Crippen molar-refractivity contribution in [2.24, 2.45) is 0 Å². The number of aromatic nitrogens is 2. The van der Waals surface area contributed by atoms with Crippen LogP contribution in [0, 0.1) is 0 Å². The molecule has 0 saturated heterocycles. The van der Waals surface area contributed by atoms with Crippen LogP contribution in [0.5, 0.6) is 0 Å². The molecule has 2 heteroatoms. The first kappa shape index (κ1) is 23.1. The minimum absolute atomic E-state index is 1.17. The standard InChI is InChI=1S/C40H26N2/c1-3-12-27(13-4-1)31-19-11-14-28-24-30(22-23-32(28)31)42-38-21-10-8-18-34(38)36-25-39-35(26-40(36)42)33-17-7-9-20-37(33)41(39)29-15-5-2-6-16-29/h1-26H. The number of fused-ring (bicyclic) bond motifs is 7. The molecule has 0 fully saturated rings. The molecule has 0 aliphatic carbocycles. The predicted molar refractivity (Wildman–Crippen MR) is 178 cm³/mol. The summed E-state index contributed by atoms with van der Waals surface area (Å²) in [5.41, 5.74) is 9.74. The number of rotatable bonds is 3. The van der Waals surface area contributed by atoms with Crippen molar-refractivity contribution in [1.82, 2.24) is 9.13 Å². The summed E-state index contributed by atoms with van der Waals surface area (Å²) in [6.45, 7) is 0. The Kier molecular flexibility index (Phi) is 4.93. The summed E-state index contributed by atoms with van der Waals surface area (Å²) >= 11 is 0. The van der Waals surface area contributed by atoms with Gasteiger partial charge in [0.2, 0.25) is 0 Å². The summed E-state index contributed by atoms with van der Waals surface area (Å²) < 4.78 is 4.84. The van der Waals surface area contributed by atoms with Gasteiger partial charge in [-0.15, -0.1) is 0 Å². The summed E-state index contributed by atoms with van der Waals surface area (Å²) in [6.07, 6.45) is 0. The van der Waals surface area contributed by atoms with Gasteiger partial charge in [-0.3, -0.25) is 0 Å². The van der Waals surface area contributed by atoms with E-state index in [1.807, 2.05) is 0 Å². The lowest BCUT2D eigenvalue weighted by atomic mass is 9.98. The molecule has 0 unspecified atom stereocenters. The van der Waals surface area contributed by atoms with Crippen LogP contribution in [0.1, 0.15) is 0 Å². The highest BCUT2D eigenvalue weighted by molar-refractivity contribution is 6.19. The zero-order chi connectivity index (χ0) is 27.6. The van der Waals surface area contributed by atoms with Gasteiger partial charge in [0.25, 0.3) is 0 Å². The summed E-state index contributed by atoms with van der Waals surface area (Å²) in [5.74, 6) is 0. The molecule has 0 aliphatic heterocycles. The van der Waals surface area contributed by atoms with E-state index in [1.165, 1.54) is 76.9 Å². The van der Waals surface area contributed by atoms with E-state index in [-0.39, 0.29) is 0 Å². The van der Waals surface area contributed by atoms with E-state index in [4.69, 9.17) is 0 Å². The third-order valence-corrected chi connectivity index (χ3v) is 8.69. The number of hydrogen-bond acceptors (Lipinski definition) is 0. The second-order valence-corrected chi connectivity index (χ2v) is 11.0. The molecule has 2 nitrogen and oxygen atoms in total. The predicted octanol–water partition coefficient (Wildman–Crippen LogP) is 10.7. The lowest BCUT2D eigenvalue weighted by Crippen LogP contribution is -1.95. The smallest absolute Gasteiger partial charge is 0.0548 e. The van der Waals surface area contributed by atoms with Crippen LogP contribution < -0.4 is 0 Å². The third-order valence-electron chi connectivity index (χ3n) is 8.69. The highest BCUT2D eigenvalue weighted by atomic mass is 15.0. The molecule has 0 spiro atoms. The van der Waals surface area contributed by atoms with E-state index in [0.29, 0.717) is 0 Å². The van der Waals surface area contributed by atoms with E-state index in [0.717, 1.165) is 0 Å². The second kappa shape index (κ2) is 8.95. The SMILES string of the molecule is c1ccc(-c2cccc3cc(-n4c5ccccc5c5cc6c(cc54)c4ccccc4n6-c4ccccc4)ccc23)cc1. The molecule has 7 aromatic carbocycles. The van der Waals surface area contributed by atoms with Crippen molar-refractivity contribution >= 4 is 54.4 Å². The first-order chi connectivity index (χ1) is 20.8. The molecule has 0 saturated carbocycles. The van der Waals surface area contributed by atoms with Crippen molar-refractivity contribution in [3.63, 3.8) is 0 Å². The maximum Gasteiger partial charge on any atom is 0.0548 e. The van der Waals surface area contributed by atoms with E-state index >= 15 is 0 Å². The lowest BCUT2D eigenvalue weighted by Gasteiger charge is -2.12. The summed E-state index contributed by atoms with van der Waals surface area (Å²) in [4.78, 5) is 0. The average molecular weight is 535 g/mol. The zero-order valence-corrected chi connectivity index (χ0v) is 22.9. The topological polar surface area (TPSA) is 9.86 Å². The van der Waals surface area contributed by atoms with Crippen LogP contribution in [0.25, 0.3) is 76.9 Å². The van der Waals surface area contributed by atoms with Gasteiger partial charge in [-0.1, -0.05) is 109 Å². The van der Waals surface area contributed by atoms with Crippen molar-refractivity contribution < 1.29 is 0 Å². The molecule has 0 bridgehead atoms. The minimum Gasteiger partial charge on any atom is -0.309 e. The van der Waals surface area contributed by atoms with Crippen LogP contribution in [0.15, 0.2) is 158 Å². The van der Waals surface area contributed by atoms with Crippen LogP contribution >= 0.6 is 0 Å². The molecule has 2 aromatic heterocycles. The molecule has 9 aromatic rings. The fourth-order valence-corrected chi connectivity index (χ4v) is 6.84. The third kappa shape index (κ3) is 3.33. The van der Waals surface area contributed by atoms with Crippen LogP contribution in [0.2, 0.25) is 0 Å². The van der Waals surface area contributed by atoms with Gasteiger partial charge in [-0.2, -0.15) is 0 Å². The highest BCUT2D eigenvalue weighted by Gasteiger charge is 2.18. The average Bonchev–Trinajstić information content (AvgIpc) is 3.56. The van der Waals surface area contributed by atoms with Gasteiger partial charge in [0, 0.05) is 32.9 Å². The zero-order valence-electron chi connectivity index (χ0n) is 22.9. The van der Waals surface area contributed by atoms with Gasteiger partial charge in [0.05, 0.1) is 22.1 Å². The highest BCUT2D eigenvalue weighted by Crippen LogP contribution is 2.40. The molecule has 9 rings (SSSR count). The normalized spacial score (nSPS) is 11.8. The van der Waals surface area contributed by atoms with E-state index in [9.17, 15) is 0 Å². The number of nitrogens with zero attached hydrogens (tertiary/aromatic N) is 2. The summed E-state index contributed by atoms with van der Waals surface area (Å²) in [5, 5.41) is 7.55. The van der Waals surface area contributed by atoms with Gasteiger partial charge in [0.1, 0.15) is 0 Å². The van der Waals surface area contributed by atoms with Crippen molar-refractivity contribution in [1.29, 1.82) is 0 Å². The van der Waals surface area contributed by atoms with Crippen molar-refractivity contribution in [2.75, 3.05) is 0 Å². The summed E-state index contributed by atoms with van der Waals surface area (Å²) in [6, 6.07) is 57.2. The number of para-hydroxylation sites is 3. The van der Waals surface area contributed by atoms with Crippen LogP contribution in [-0.4, -0.2) is 9.13 Å². The minimum atomic E-state index is 1.17. The van der Waals surface area contributed by atoms with E-state index < -0.39 is 0 Å². The first-order valence-electron chi connectivity index (χ1n) is 14.5. The Morgan fingerprint density at radius 1 is 0.310 bits per heavy atom. The van der Waals surface area contributed by atoms with Gasteiger partial charge in [0.15, 0.2) is 0 Å². The first-order valence-corrected chi connectivity index (χ1v) is 14.5. The van der Waals surface area contributed by atoms with E-state index in [2.05, 4.69) is 167 Å². The van der Waals surface area contributed by atoms with Gasteiger partial charge in [-0.25, -0.2) is 0 Å². The number of benzene rings is 7. The van der Waals surface area contributed by atoms with Crippen molar-refractivity contribution in [3.8, 4) is 22.5 Å². The molecule has 2 heterocycles. The molecular formula is C40H26N2. The molecule has 0 amide bonds. The van der Waals surface area contributed by atoms with Crippen LogP contribution in [0.3, 0.4) is 0 Å². The Labute approximate surface area is 243 Å². The lowest BCUT2D eigenvalue weighted by molar-refractivity contribution is 1.18. The maximum atomic E-state index is 2.44. The Balaban J connectivity index is 1.36. The van der Waals surface area contributed by atoms with Crippen molar-refractivity contribution in [2.45, 2.75) is 0 Å². The Morgan fingerprint density at radius 2 is 0.881 bits per heavy atom. The number of hydrogen-bond donors (Lipinski definition) is 0. The molecule has 0 N–H and O–H groups in total. The Bertz CT molecular complexity index is 2440. The van der Waals surface area contributed by atoms with Gasteiger partial charge < -0.3 is 9.13 Å². The van der Waals surface area contributed by atoms with Crippen molar-refractivity contribution in [3.05, 3.63) is 158 Å². The summed E-state index contributed by atoms with van der Waals surface area (Å²) in [7, 11) is 0. The Hall–Kier alpha value is -5.60. The van der Waals surface area contributed by atoms with Crippen LogP contribution in [-0.2, 0) is 0 Å². The fraction of sp³-hybridized carbons (Fsp3) is 0. The molecule has 0 atom stereocenters. The maximum absolute atomic E-state index is 2.44. The molecular weight excluding hydrogens is 508 g/mol. The monoisotopic (exact) mass is 534 g/mol. The van der Waals surface area contributed by atoms with E-state index in [1.54, 1.807) is 0 Å². The van der Waals surface area contributed by atoms with Gasteiger partial charge in [-0.05, 0) is 70.4 Å². The molecule has 196 valence electrons. The molecule has 0 aliphatic rings.